The van der Waals surface area contributed by atoms with E-state index >= 15 is 0 Å². The largest absolute Gasteiger partial charge is 0.490 e. The molecule has 0 saturated heterocycles. The van der Waals surface area contributed by atoms with E-state index in [2.05, 4.69) is 23.5 Å². The number of anilines is 2. The van der Waals surface area contributed by atoms with Gasteiger partial charge in [-0.2, -0.15) is 0 Å². The van der Waals surface area contributed by atoms with Crippen LogP contribution < -0.4 is 15.4 Å². The number of thioether (sulfide) groups is 1. The lowest BCUT2D eigenvalue weighted by Gasteiger charge is -2.36. The van der Waals surface area contributed by atoms with E-state index in [9.17, 15) is 13.2 Å². The second-order valence-corrected chi connectivity index (χ2v) is 11.9. The number of para-hydroxylation sites is 1. The zero-order chi connectivity index (χ0) is 25.6. The number of nitrogens with two attached hydrogens (primary N) is 1. The van der Waals surface area contributed by atoms with Crippen LogP contribution in [0, 0.1) is 5.41 Å². The molecule has 2 atom stereocenters. The second-order valence-electron chi connectivity index (χ2n) is 9.05. The van der Waals surface area contributed by atoms with E-state index in [0.29, 0.717) is 18.0 Å². The van der Waals surface area contributed by atoms with Crippen LogP contribution in [0.15, 0.2) is 52.3 Å². The van der Waals surface area contributed by atoms with Gasteiger partial charge >= 0.3 is 5.97 Å². The van der Waals surface area contributed by atoms with Gasteiger partial charge in [-0.15, -0.1) is 11.8 Å². The molecular formula is C26H36N2O5S2. The Labute approximate surface area is 213 Å². The summed E-state index contributed by atoms with van der Waals surface area (Å²) in [5.74, 6) is -0.117. The van der Waals surface area contributed by atoms with Gasteiger partial charge < -0.3 is 20.1 Å². The van der Waals surface area contributed by atoms with Crippen molar-refractivity contribution >= 4 is 38.9 Å². The first-order valence-corrected chi connectivity index (χ1v) is 14.8. The molecule has 2 aromatic carbocycles. The summed E-state index contributed by atoms with van der Waals surface area (Å²) in [7, 11) is -2.37. The normalized spacial score (nSPS) is 20.0. The van der Waals surface area contributed by atoms with Gasteiger partial charge in [0.25, 0.3) is 0 Å². The maximum atomic E-state index is 13.9. The van der Waals surface area contributed by atoms with Gasteiger partial charge in [0.1, 0.15) is 18.4 Å². The molecular weight excluding hydrogens is 484 g/mol. The van der Waals surface area contributed by atoms with Crippen LogP contribution in [0.2, 0.25) is 0 Å². The summed E-state index contributed by atoms with van der Waals surface area (Å²) in [4.78, 5) is 14.9. The Morgan fingerprint density at radius 1 is 1.23 bits per heavy atom. The third kappa shape index (κ3) is 6.13. The second kappa shape index (κ2) is 11.7. The Morgan fingerprint density at radius 3 is 2.54 bits per heavy atom. The summed E-state index contributed by atoms with van der Waals surface area (Å²) >= 11 is 1.45. The highest BCUT2D eigenvalue weighted by atomic mass is 32.2. The van der Waals surface area contributed by atoms with Crippen LogP contribution in [0.3, 0.4) is 0 Å². The van der Waals surface area contributed by atoms with Crippen LogP contribution in [-0.2, 0) is 19.4 Å². The summed E-state index contributed by atoms with van der Waals surface area (Å²) in [5, 5.41) is 0. The Morgan fingerprint density at radius 2 is 1.94 bits per heavy atom. The highest BCUT2D eigenvalue weighted by Crippen LogP contribution is 2.47. The molecule has 1 heterocycles. The number of hydrogen-bond acceptors (Lipinski definition) is 8. The average Bonchev–Trinajstić information content (AvgIpc) is 2.97. The van der Waals surface area contributed by atoms with Crippen LogP contribution in [-0.4, -0.2) is 52.7 Å². The van der Waals surface area contributed by atoms with Crippen LogP contribution >= 0.6 is 11.8 Å². The molecule has 2 unspecified atom stereocenters. The van der Waals surface area contributed by atoms with Crippen LogP contribution in [0.1, 0.15) is 39.5 Å². The van der Waals surface area contributed by atoms with E-state index in [0.717, 1.165) is 36.3 Å². The molecule has 35 heavy (non-hydrogen) atoms. The molecule has 2 aromatic rings. The molecule has 0 radical (unpaired) electrons. The number of rotatable bonds is 10. The summed E-state index contributed by atoms with van der Waals surface area (Å²) in [6, 6.07) is 12.4. The van der Waals surface area contributed by atoms with Gasteiger partial charge in [0, 0.05) is 23.7 Å². The first-order valence-electron chi connectivity index (χ1n) is 11.9. The number of ether oxygens (including phenoxy) is 2. The zero-order valence-corrected chi connectivity index (χ0v) is 22.6. The number of carbonyl (C=O) groups is 1. The zero-order valence-electron chi connectivity index (χ0n) is 21.0. The van der Waals surface area contributed by atoms with E-state index in [1.165, 1.54) is 18.9 Å². The Bertz CT molecular complexity index is 1120. The number of hydrogen-bond donors (Lipinski definition) is 1. The molecule has 0 spiro atoms. The molecule has 7 nitrogen and oxygen atoms in total. The summed E-state index contributed by atoms with van der Waals surface area (Å²) in [6.45, 7) is 4.71. The Balaban J connectivity index is 2.16. The number of unbranched alkanes of at least 4 members (excludes halogenated alkanes) is 1. The van der Waals surface area contributed by atoms with Crippen molar-refractivity contribution in [3.8, 4) is 5.75 Å². The van der Waals surface area contributed by atoms with E-state index in [4.69, 9.17) is 10.5 Å². The van der Waals surface area contributed by atoms with E-state index < -0.39 is 21.8 Å². The maximum absolute atomic E-state index is 13.9. The van der Waals surface area contributed by atoms with Crippen molar-refractivity contribution < 1.29 is 22.7 Å². The summed E-state index contributed by atoms with van der Waals surface area (Å²) in [5.41, 5.74) is 7.07. The highest BCUT2D eigenvalue weighted by Gasteiger charge is 2.42. The van der Waals surface area contributed by atoms with Crippen molar-refractivity contribution in [3.05, 3.63) is 42.5 Å². The van der Waals surface area contributed by atoms with Gasteiger partial charge in [0.05, 0.1) is 28.3 Å². The third-order valence-electron chi connectivity index (χ3n) is 6.66. The standard InChI is InChI=1S/C26H36N2O5S2/c1-5-7-13-26(6-2)17-28(19-11-9-8-10-12-19)21-14-23(34-4)22(15-24(21)35(30,31)18-26)33-16-20(27)25(29)32-3/h8-12,14-15,20H,5-7,13,16-18,27H2,1-4H3. The lowest BCUT2D eigenvalue weighted by molar-refractivity contribution is -0.142. The molecule has 2 N–H and O–H groups in total. The SMILES string of the molecule is CCCCC1(CC)CN(c2ccccc2)c2cc(SC)c(OCC(N)C(=O)OC)cc2S(=O)(=O)C1. The van der Waals surface area contributed by atoms with Crippen LogP contribution in [0.5, 0.6) is 5.75 Å². The van der Waals surface area contributed by atoms with E-state index in [1.807, 2.05) is 42.7 Å². The number of fused-ring (bicyclic) bond motifs is 1. The molecule has 192 valence electrons. The van der Waals surface area contributed by atoms with E-state index in [-0.39, 0.29) is 22.7 Å². The minimum Gasteiger partial charge on any atom is -0.490 e. The molecule has 1 aliphatic rings. The Kier molecular flexibility index (Phi) is 9.12. The third-order valence-corrected chi connectivity index (χ3v) is 9.41. The quantitative estimate of drug-likeness (QED) is 0.352. The predicted molar refractivity (Wildman–Crippen MR) is 141 cm³/mol. The predicted octanol–water partition coefficient (Wildman–Crippen LogP) is 4.80. The Hall–Kier alpha value is -2.23. The fourth-order valence-electron chi connectivity index (χ4n) is 4.54. The summed E-state index contributed by atoms with van der Waals surface area (Å²) < 4.78 is 38.3. The van der Waals surface area contributed by atoms with Crippen molar-refractivity contribution in [2.45, 2.75) is 55.4 Å². The molecule has 0 bridgehead atoms. The smallest absolute Gasteiger partial charge is 0.326 e. The molecule has 0 aromatic heterocycles. The van der Waals surface area contributed by atoms with Crippen LogP contribution in [0.4, 0.5) is 11.4 Å². The first kappa shape index (κ1) is 27.4. The lowest BCUT2D eigenvalue weighted by atomic mass is 9.81. The number of esters is 1. The summed E-state index contributed by atoms with van der Waals surface area (Å²) in [6.07, 6.45) is 5.48. The molecule has 0 aliphatic carbocycles. The monoisotopic (exact) mass is 520 g/mol. The van der Waals surface area contributed by atoms with Gasteiger partial charge in [-0.1, -0.05) is 44.9 Å². The minimum absolute atomic E-state index is 0.0760. The topological polar surface area (TPSA) is 98.9 Å². The van der Waals surface area contributed by atoms with Crippen molar-refractivity contribution in [2.75, 3.05) is 37.2 Å². The molecule has 0 fully saturated rings. The molecule has 3 rings (SSSR count). The van der Waals surface area contributed by atoms with Crippen molar-refractivity contribution in [3.63, 3.8) is 0 Å². The fraction of sp³-hybridized carbons (Fsp3) is 0.500. The molecule has 9 heteroatoms. The number of nitrogens with zero attached hydrogens (tertiary/aromatic N) is 1. The minimum atomic E-state index is -3.63. The molecule has 0 amide bonds. The lowest BCUT2D eigenvalue weighted by Crippen LogP contribution is -2.37. The molecule has 0 saturated carbocycles. The van der Waals surface area contributed by atoms with Gasteiger partial charge in [0.2, 0.25) is 0 Å². The van der Waals surface area contributed by atoms with Crippen LogP contribution in [0.25, 0.3) is 0 Å². The highest BCUT2D eigenvalue weighted by molar-refractivity contribution is 7.98. The first-order chi connectivity index (χ1) is 16.7. The van der Waals surface area contributed by atoms with Crippen molar-refractivity contribution in [2.24, 2.45) is 11.1 Å². The van der Waals surface area contributed by atoms with Gasteiger partial charge in [-0.05, 0) is 37.3 Å². The fourth-order valence-corrected chi connectivity index (χ4v) is 7.27. The van der Waals surface area contributed by atoms with Gasteiger partial charge in [0.15, 0.2) is 9.84 Å². The number of carbonyl (C=O) groups excluding carboxylic acids is 1. The number of sulfone groups is 1. The number of methoxy groups -OCH3 is 1. The van der Waals surface area contributed by atoms with Crippen molar-refractivity contribution in [1.29, 1.82) is 0 Å². The molecule has 1 aliphatic heterocycles. The van der Waals surface area contributed by atoms with Gasteiger partial charge in [-0.3, -0.25) is 4.79 Å². The number of benzene rings is 2. The van der Waals surface area contributed by atoms with Gasteiger partial charge in [-0.25, -0.2) is 8.42 Å². The van der Waals surface area contributed by atoms with Crippen molar-refractivity contribution in [1.82, 2.24) is 0 Å². The van der Waals surface area contributed by atoms with E-state index in [1.54, 1.807) is 6.07 Å². The average molecular weight is 521 g/mol. The maximum Gasteiger partial charge on any atom is 0.326 e.